The number of nitrogens with zero attached hydrogens (tertiary/aromatic N) is 1. The number of rotatable bonds is 6. The monoisotopic (exact) mass is 485 g/mol. The number of amides is 1. The van der Waals surface area contributed by atoms with Gasteiger partial charge in [0.1, 0.15) is 17.1 Å². The fraction of sp³-hybridized carbons (Fsp3) is 0.111. The highest BCUT2D eigenvalue weighted by Crippen LogP contribution is 2.36. The number of halogens is 1. The van der Waals surface area contributed by atoms with Crippen LogP contribution in [0, 0.1) is 6.92 Å². The Bertz CT molecular complexity index is 1420. The van der Waals surface area contributed by atoms with Crippen LogP contribution < -0.4 is 21.3 Å². The van der Waals surface area contributed by atoms with E-state index in [9.17, 15) is 9.90 Å². The minimum atomic E-state index is -0.274. The lowest BCUT2D eigenvalue weighted by molar-refractivity contribution is 0.102. The van der Waals surface area contributed by atoms with Gasteiger partial charge < -0.3 is 26.4 Å². The van der Waals surface area contributed by atoms with E-state index in [2.05, 4.69) is 26.3 Å². The molecule has 0 unspecified atom stereocenters. The van der Waals surface area contributed by atoms with Crippen molar-refractivity contribution in [2.75, 3.05) is 16.0 Å². The number of aromatic hydroxyl groups is 1. The minimum Gasteiger partial charge on any atom is -0.508 e. The molecule has 0 radical (unpaired) electrons. The van der Waals surface area contributed by atoms with Gasteiger partial charge in [-0.05, 0) is 60.0 Å². The number of hydrogen-bond donors (Lipinski definition) is 5. The lowest BCUT2D eigenvalue weighted by Gasteiger charge is -2.14. The molecule has 0 saturated heterocycles. The van der Waals surface area contributed by atoms with E-state index in [1.807, 2.05) is 55.5 Å². The fourth-order valence-electron chi connectivity index (χ4n) is 4.00. The molecule has 0 aliphatic carbocycles. The van der Waals surface area contributed by atoms with E-state index >= 15 is 0 Å². The second kappa shape index (κ2) is 9.66. The Morgan fingerprint density at radius 3 is 2.57 bits per heavy atom. The summed E-state index contributed by atoms with van der Waals surface area (Å²) in [5.74, 6) is 0.323. The summed E-state index contributed by atoms with van der Waals surface area (Å²) in [6.07, 6.45) is 1.64. The number of phenols is 1. The maximum absolute atomic E-state index is 13.3. The number of carbonyl (C=O) groups excluding carboxylic acids is 1. The van der Waals surface area contributed by atoms with Crippen molar-refractivity contribution in [1.82, 2.24) is 10.3 Å². The molecule has 0 saturated carbocycles. The van der Waals surface area contributed by atoms with Gasteiger partial charge in [-0.25, -0.2) is 4.98 Å². The number of nitrogens with one attached hydrogen (secondary N) is 4. The van der Waals surface area contributed by atoms with E-state index < -0.39 is 0 Å². The zero-order valence-electron chi connectivity index (χ0n) is 19.0. The van der Waals surface area contributed by atoms with E-state index in [-0.39, 0.29) is 11.7 Å². The van der Waals surface area contributed by atoms with E-state index in [4.69, 9.17) is 11.6 Å². The summed E-state index contributed by atoms with van der Waals surface area (Å²) in [7, 11) is 0. The average Bonchev–Trinajstić information content (AvgIpc) is 2.97. The van der Waals surface area contributed by atoms with E-state index in [0.29, 0.717) is 46.6 Å². The Labute approximate surface area is 208 Å². The molecule has 3 aromatic carbocycles. The van der Waals surface area contributed by atoms with Crippen LogP contribution in [-0.2, 0) is 13.1 Å². The van der Waals surface area contributed by atoms with Crippen molar-refractivity contribution < 1.29 is 9.90 Å². The Hall–Kier alpha value is -4.07. The van der Waals surface area contributed by atoms with Crippen LogP contribution in [0.15, 0.2) is 72.9 Å². The van der Waals surface area contributed by atoms with Crippen LogP contribution in [0.3, 0.4) is 0 Å². The third-order valence-corrected chi connectivity index (χ3v) is 6.04. The third kappa shape index (κ3) is 5.06. The van der Waals surface area contributed by atoms with Crippen molar-refractivity contribution in [1.29, 1.82) is 0 Å². The zero-order chi connectivity index (χ0) is 24.4. The molecule has 0 fully saturated rings. The molecule has 1 aromatic heterocycles. The third-order valence-electron chi connectivity index (χ3n) is 5.80. The number of benzene rings is 3. The first-order valence-corrected chi connectivity index (χ1v) is 11.6. The van der Waals surface area contributed by atoms with Crippen LogP contribution in [0.2, 0.25) is 5.02 Å². The summed E-state index contributed by atoms with van der Waals surface area (Å²) in [6.45, 7) is 3.24. The first kappa shape index (κ1) is 22.7. The molecule has 4 aromatic rings. The molecule has 176 valence electrons. The molecule has 5 rings (SSSR count). The number of aromatic nitrogens is 1. The van der Waals surface area contributed by atoms with Gasteiger partial charge in [-0.15, -0.1) is 0 Å². The van der Waals surface area contributed by atoms with Crippen molar-refractivity contribution in [2.45, 2.75) is 20.0 Å². The van der Waals surface area contributed by atoms with Crippen molar-refractivity contribution >= 4 is 46.1 Å². The molecule has 0 bridgehead atoms. The first-order chi connectivity index (χ1) is 17.0. The number of phenolic OH excluding ortho intramolecular Hbond substituents is 1. The van der Waals surface area contributed by atoms with Crippen LogP contribution in [-0.4, -0.2) is 16.0 Å². The van der Waals surface area contributed by atoms with Crippen molar-refractivity contribution in [2.24, 2.45) is 0 Å². The maximum atomic E-state index is 13.3. The van der Waals surface area contributed by atoms with Gasteiger partial charge in [0.2, 0.25) is 0 Å². The largest absolute Gasteiger partial charge is 0.508 e. The molecule has 5 N–H and O–H groups in total. The molecular weight excluding hydrogens is 462 g/mol. The van der Waals surface area contributed by atoms with Gasteiger partial charge in [-0.1, -0.05) is 35.9 Å². The average molecular weight is 486 g/mol. The SMILES string of the molecule is Cc1ccc(O)cc1Nc1ccnc2c1C(=O)Nc1cc(CNCc3cccc(Cl)c3)ccc1N2. The van der Waals surface area contributed by atoms with Gasteiger partial charge in [-0.2, -0.15) is 0 Å². The Kier molecular flexibility index (Phi) is 6.27. The van der Waals surface area contributed by atoms with Gasteiger partial charge in [0.15, 0.2) is 0 Å². The molecule has 1 aliphatic rings. The summed E-state index contributed by atoms with van der Waals surface area (Å²) >= 11 is 6.06. The van der Waals surface area contributed by atoms with Crippen molar-refractivity contribution in [3.05, 3.63) is 100 Å². The number of carbonyl (C=O) groups is 1. The second-order valence-electron chi connectivity index (χ2n) is 8.40. The molecule has 0 atom stereocenters. The lowest BCUT2D eigenvalue weighted by Crippen LogP contribution is -2.15. The topological polar surface area (TPSA) is 98.3 Å². The molecule has 8 heteroatoms. The predicted octanol–water partition coefficient (Wildman–Crippen LogP) is 6.09. The molecule has 1 amide bonds. The summed E-state index contributed by atoms with van der Waals surface area (Å²) in [5.41, 5.74) is 6.20. The minimum absolute atomic E-state index is 0.143. The van der Waals surface area contributed by atoms with Crippen LogP contribution >= 0.6 is 11.6 Å². The number of fused-ring (bicyclic) bond motifs is 2. The fourth-order valence-corrected chi connectivity index (χ4v) is 4.22. The molecule has 35 heavy (non-hydrogen) atoms. The lowest BCUT2D eigenvalue weighted by atomic mass is 10.1. The van der Waals surface area contributed by atoms with E-state index in [1.54, 1.807) is 24.4 Å². The number of hydrogen-bond acceptors (Lipinski definition) is 6. The summed E-state index contributed by atoms with van der Waals surface area (Å²) < 4.78 is 0. The molecular formula is C27H24ClN5O2. The van der Waals surface area contributed by atoms with Crippen molar-refractivity contribution in [3.8, 4) is 5.75 Å². The highest BCUT2D eigenvalue weighted by atomic mass is 35.5. The zero-order valence-corrected chi connectivity index (χ0v) is 19.8. The standard InChI is InChI=1S/C27H24ClN5O2/c1-16-5-7-20(34)13-23(16)31-22-9-10-30-26-25(22)27(35)33-24-12-18(6-8-21(24)32-26)15-29-14-17-3-2-4-19(28)11-17/h2-13,29,34H,14-15H2,1H3,(H,33,35)(H2,30,31,32). The molecule has 7 nitrogen and oxygen atoms in total. The highest BCUT2D eigenvalue weighted by molar-refractivity contribution is 6.30. The number of aryl methyl sites for hydroxylation is 1. The van der Waals surface area contributed by atoms with E-state index in [0.717, 1.165) is 22.4 Å². The Morgan fingerprint density at radius 2 is 1.74 bits per heavy atom. The van der Waals surface area contributed by atoms with Gasteiger partial charge in [0.25, 0.3) is 5.91 Å². The Morgan fingerprint density at radius 1 is 0.914 bits per heavy atom. The smallest absolute Gasteiger partial charge is 0.261 e. The molecule has 0 spiro atoms. The van der Waals surface area contributed by atoms with Crippen LogP contribution in [0.5, 0.6) is 5.75 Å². The van der Waals surface area contributed by atoms with E-state index in [1.165, 1.54) is 0 Å². The normalized spacial score (nSPS) is 12.1. The van der Waals surface area contributed by atoms with Gasteiger partial charge in [-0.3, -0.25) is 4.79 Å². The quantitative estimate of drug-likeness (QED) is 0.226. The highest BCUT2D eigenvalue weighted by Gasteiger charge is 2.24. The molecule has 2 heterocycles. The number of pyridine rings is 1. The van der Waals surface area contributed by atoms with Crippen LogP contribution in [0.25, 0.3) is 0 Å². The Balaban J connectivity index is 1.35. The van der Waals surface area contributed by atoms with Gasteiger partial charge in [0.05, 0.1) is 17.1 Å². The first-order valence-electron chi connectivity index (χ1n) is 11.2. The predicted molar refractivity (Wildman–Crippen MR) is 140 cm³/mol. The molecule has 1 aliphatic heterocycles. The van der Waals surface area contributed by atoms with Crippen LogP contribution in [0.4, 0.5) is 28.6 Å². The summed E-state index contributed by atoms with van der Waals surface area (Å²) in [5, 5.41) is 23.6. The van der Waals surface area contributed by atoms with Crippen molar-refractivity contribution in [3.63, 3.8) is 0 Å². The van der Waals surface area contributed by atoms with Crippen LogP contribution in [0.1, 0.15) is 27.0 Å². The summed E-state index contributed by atoms with van der Waals surface area (Å²) in [4.78, 5) is 17.7. The second-order valence-corrected chi connectivity index (χ2v) is 8.84. The van der Waals surface area contributed by atoms with Gasteiger partial charge >= 0.3 is 0 Å². The van der Waals surface area contributed by atoms with Gasteiger partial charge in [0, 0.05) is 36.1 Å². The maximum Gasteiger partial charge on any atom is 0.261 e. The summed E-state index contributed by atoms with van der Waals surface area (Å²) in [6, 6.07) is 20.4. The number of anilines is 5.